The van der Waals surface area contributed by atoms with E-state index in [1.165, 1.54) is 18.2 Å². The van der Waals surface area contributed by atoms with Crippen molar-refractivity contribution < 1.29 is 31.9 Å². The summed E-state index contributed by atoms with van der Waals surface area (Å²) in [5, 5.41) is 4.67. The highest BCUT2D eigenvalue weighted by molar-refractivity contribution is 6.04. The van der Waals surface area contributed by atoms with Gasteiger partial charge in [-0.1, -0.05) is 12.1 Å². The average molecular weight is 355 g/mol. The summed E-state index contributed by atoms with van der Waals surface area (Å²) in [4.78, 5) is 27.5. The van der Waals surface area contributed by atoms with Crippen molar-refractivity contribution in [2.75, 3.05) is 10.6 Å². The number of nitrogens with one attached hydrogen (secondary N) is 2. The molecule has 1 heterocycles. The van der Waals surface area contributed by atoms with Gasteiger partial charge in [-0.15, -0.1) is 13.2 Å². The maximum absolute atomic E-state index is 12.4. The Morgan fingerprint density at radius 1 is 1.20 bits per heavy atom. The molecule has 2 N–H and O–H groups in total. The second kappa shape index (κ2) is 6.46. The molecule has 1 aliphatic rings. The maximum Gasteiger partial charge on any atom is 0.573 e. The summed E-state index contributed by atoms with van der Waals surface area (Å²) in [6.45, 7) is 0. The van der Waals surface area contributed by atoms with Crippen molar-refractivity contribution >= 4 is 23.5 Å². The second-order valence-electron chi connectivity index (χ2n) is 5.30. The monoisotopic (exact) mass is 355 g/mol. The first-order valence-electron chi connectivity index (χ1n) is 7.24. The van der Waals surface area contributed by atoms with E-state index in [0.29, 0.717) is 0 Å². The third-order valence-electron chi connectivity index (χ3n) is 3.28. The topological polar surface area (TPSA) is 93.5 Å². The number of hydrogen-bond donors (Lipinski definition) is 2. The van der Waals surface area contributed by atoms with Crippen molar-refractivity contribution in [2.45, 2.75) is 19.2 Å². The predicted octanol–water partition coefficient (Wildman–Crippen LogP) is 3.17. The number of alkyl halides is 3. The maximum atomic E-state index is 12.4. The molecule has 0 atom stereocenters. The number of para-hydroxylation sites is 2. The Hall–Kier alpha value is -3.04. The van der Waals surface area contributed by atoms with E-state index in [9.17, 15) is 22.8 Å². The summed E-state index contributed by atoms with van der Waals surface area (Å²) in [6, 6.07) is 4.92. The van der Waals surface area contributed by atoms with Crippen LogP contribution in [-0.2, 0) is 4.79 Å². The van der Waals surface area contributed by atoms with Gasteiger partial charge in [0, 0.05) is 5.92 Å². The molecule has 25 heavy (non-hydrogen) atoms. The molecule has 0 unspecified atom stereocenters. The molecule has 0 aliphatic heterocycles. The van der Waals surface area contributed by atoms with Gasteiger partial charge in [0.15, 0.2) is 11.4 Å². The molecule has 0 radical (unpaired) electrons. The van der Waals surface area contributed by atoms with Gasteiger partial charge >= 0.3 is 12.4 Å². The molecule has 2 aromatic rings. The molecule has 1 aromatic heterocycles. The molecule has 1 fully saturated rings. The number of halogens is 3. The number of hydrogen-bond acceptors (Lipinski definition) is 5. The van der Waals surface area contributed by atoms with Gasteiger partial charge in [0.2, 0.25) is 5.91 Å². The first-order chi connectivity index (χ1) is 11.8. The Bertz CT molecular complexity index is 799. The highest BCUT2D eigenvalue weighted by atomic mass is 19.4. The third-order valence-corrected chi connectivity index (χ3v) is 3.28. The van der Waals surface area contributed by atoms with Gasteiger partial charge in [-0.25, -0.2) is 0 Å². The summed E-state index contributed by atoms with van der Waals surface area (Å²) in [7, 11) is 0. The molecule has 0 saturated heterocycles. The van der Waals surface area contributed by atoms with E-state index in [4.69, 9.17) is 4.42 Å². The Morgan fingerprint density at radius 3 is 2.60 bits per heavy atom. The summed E-state index contributed by atoms with van der Waals surface area (Å²) < 4.78 is 45.9. The largest absolute Gasteiger partial charge is 0.573 e. The van der Waals surface area contributed by atoms with E-state index in [2.05, 4.69) is 20.4 Å². The van der Waals surface area contributed by atoms with Crippen LogP contribution in [0.4, 0.5) is 24.9 Å². The molecular formula is C15H12F3N3O4. The van der Waals surface area contributed by atoms with Gasteiger partial charge in [-0.05, 0) is 25.0 Å². The van der Waals surface area contributed by atoms with Gasteiger partial charge in [0.1, 0.15) is 6.26 Å². The van der Waals surface area contributed by atoms with Crippen LogP contribution in [0.2, 0.25) is 0 Å². The number of benzene rings is 1. The van der Waals surface area contributed by atoms with E-state index in [-0.39, 0.29) is 29.2 Å². The minimum absolute atomic E-state index is 0.0735. The standard InChI is InChI=1S/C15H12F3N3O4/c16-15(17,18)25-11-4-2-1-3-9(11)19-13(23)10-7-24-14(20-10)21-12(22)8-5-6-8/h1-4,7-8H,5-6H2,(H,19,23)(H,20,21,22). The molecule has 0 bridgehead atoms. The zero-order chi connectivity index (χ0) is 18.0. The minimum Gasteiger partial charge on any atom is -0.431 e. The third kappa shape index (κ3) is 4.49. The zero-order valence-corrected chi connectivity index (χ0v) is 12.6. The van der Waals surface area contributed by atoms with Crippen molar-refractivity contribution in [3.8, 4) is 5.75 Å². The number of nitrogens with zero attached hydrogens (tertiary/aromatic N) is 1. The molecule has 1 saturated carbocycles. The summed E-state index contributed by atoms with van der Waals surface area (Å²) in [5.41, 5.74) is -0.385. The molecule has 132 valence electrons. The zero-order valence-electron chi connectivity index (χ0n) is 12.6. The van der Waals surface area contributed by atoms with Crippen LogP contribution in [0.1, 0.15) is 23.3 Å². The van der Waals surface area contributed by atoms with Crippen LogP contribution in [0.5, 0.6) is 5.75 Å². The quantitative estimate of drug-likeness (QED) is 0.859. The molecule has 2 amide bonds. The molecule has 1 aromatic carbocycles. The lowest BCUT2D eigenvalue weighted by atomic mass is 10.3. The summed E-state index contributed by atoms with van der Waals surface area (Å²) in [6.07, 6.45) is -2.33. The van der Waals surface area contributed by atoms with Crippen molar-refractivity contribution in [3.63, 3.8) is 0 Å². The molecule has 3 rings (SSSR count). The van der Waals surface area contributed by atoms with Crippen LogP contribution < -0.4 is 15.4 Å². The van der Waals surface area contributed by atoms with E-state index >= 15 is 0 Å². The number of amides is 2. The van der Waals surface area contributed by atoms with E-state index < -0.39 is 18.0 Å². The molecule has 10 heteroatoms. The lowest BCUT2D eigenvalue weighted by Gasteiger charge is -2.13. The lowest BCUT2D eigenvalue weighted by Crippen LogP contribution is -2.19. The van der Waals surface area contributed by atoms with Crippen LogP contribution in [0.25, 0.3) is 0 Å². The fourth-order valence-corrected chi connectivity index (χ4v) is 1.96. The van der Waals surface area contributed by atoms with Gasteiger partial charge < -0.3 is 14.5 Å². The van der Waals surface area contributed by atoms with Crippen LogP contribution >= 0.6 is 0 Å². The highest BCUT2D eigenvalue weighted by Gasteiger charge is 2.32. The van der Waals surface area contributed by atoms with Gasteiger partial charge in [0.05, 0.1) is 5.69 Å². The van der Waals surface area contributed by atoms with Gasteiger partial charge in [0.25, 0.3) is 5.91 Å². The van der Waals surface area contributed by atoms with Crippen molar-refractivity contribution in [1.82, 2.24) is 4.98 Å². The number of anilines is 2. The first-order valence-corrected chi connectivity index (χ1v) is 7.24. The fourth-order valence-electron chi connectivity index (χ4n) is 1.96. The SMILES string of the molecule is O=C(Nc1ccccc1OC(F)(F)F)c1coc(NC(=O)C2CC2)n1. The fraction of sp³-hybridized carbons (Fsp3) is 0.267. The van der Waals surface area contributed by atoms with Crippen LogP contribution in [0, 0.1) is 5.92 Å². The number of carbonyl (C=O) groups is 2. The van der Waals surface area contributed by atoms with E-state index in [1.54, 1.807) is 0 Å². The molecule has 7 nitrogen and oxygen atoms in total. The average Bonchev–Trinajstić information content (AvgIpc) is 3.28. The van der Waals surface area contributed by atoms with E-state index in [0.717, 1.165) is 25.2 Å². The highest BCUT2D eigenvalue weighted by Crippen LogP contribution is 2.31. The Morgan fingerprint density at radius 2 is 1.92 bits per heavy atom. The van der Waals surface area contributed by atoms with E-state index in [1.807, 2.05) is 0 Å². The first kappa shape index (κ1) is 16.8. The summed E-state index contributed by atoms with van der Waals surface area (Å²) >= 11 is 0. The molecule has 1 aliphatic carbocycles. The molecule has 0 spiro atoms. The minimum atomic E-state index is -4.89. The van der Waals surface area contributed by atoms with Crippen LogP contribution in [0.3, 0.4) is 0 Å². The smallest absolute Gasteiger partial charge is 0.431 e. The Kier molecular flexibility index (Phi) is 4.34. The van der Waals surface area contributed by atoms with Crippen molar-refractivity contribution in [1.29, 1.82) is 0 Å². The summed E-state index contributed by atoms with van der Waals surface area (Å²) in [5.74, 6) is -1.70. The number of rotatable bonds is 5. The Labute approximate surface area is 139 Å². The lowest BCUT2D eigenvalue weighted by molar-refractivity contribution is -0.274. The van der Waals surface area contributed by atoms with Crippen LogP contribution in [-0.4, -0.2) is 23.2 Å². The van der Waals surface area contributed by atoms with Gasteiger partial charge in [-0.2, -0.15) is 4.98 Å². The van der Waals surface area contributed by atoms with Crippen molar-refractivity contribution in [3.05, 3.63) is 36.2 Å². The molecular weight excluding hydrogens is 343 g/mol. The predicted molar refractivity (Wildman–Crippen MR) is 78.9 cm³/mol. The number of aromatic nitrogens is 1. The number of ether oxygens (including phenoxy) is 1. The van der Waals surface area contributed by atoms with Gasteiger partial charge in [-0.3, -0.25) is 14.9 Å². The normalized spacial score (nSPS) is 14.0. The second-order valence-corrected chi connectivity index (χ2v) is 5.30. The Balaban J connectivity index is 1.68. The van der Waals surface area contributed by atoms with Crippen LogP contribution in [0.15, 0.2) is 34.9 Å². The number of carbonyl (C=O) groups excluding carboxylic acids is 2. The number of oxazole rings is 1. The van der Waals surface area contributed by atoms with Crippen molar-refractivity contribution in [2.24, 2.45) is 5.92 Å².